The van der Waals surface area contributed by atoms with Crippen LogP contribution in [0, 0.1) is 0 Å². The fourth-order valence-electron chi connectivity index (χ4n) is 7.66. The van der Waals surface area contributed by atoms with Gasteiger partial charge in [0.1, 0.15) is 19.8 Å². The summed E-state index contributed by atoms with van der Waals surface area (Å²) in [4.78, 5) is 37.6. The van der Waals surface area contributed by atoms with Crippen LogP contribution in [0.3, 0.4) is 0 Å². The fourth-order valence-corrected chi connectivity index (χ4v) is 8.39. The highest BCUT2D eigenvalue weighted by Gasteiger charge is 2.21. The molecule has 0 saturated carbocycles. The summed E-state index contributed by atoms with van der Waals surface area (Å²) in [5, 5.41) is 0. The van der Waals surface area contributed by atoms with E-state index in [4.69, 9.17) is 18.5 Å². The van der Waals surface area contributed by atoms with E-state index in [9.17, 15) is 19.0 Å². The molecule has 2 unspecified atom stereocenters. The number of carbonyl (C=O) groups is 2. The number of rotatable bonds is 50. The molecule has 0 aromatic rings. The number of phosphoric acid groups is 1. The van der Waals surface area contributed by atoms with Crippen molar-refractivity contribution in [3.05, 3.63) is 36.5 Å². The Balaban J connectivity index is 4.01. The van der Waals surface area contributed by atoms with E-state index in [1.165, 1.54) is 167 Å². The van der Waals surface area contributed by atoms with Gasteiger partial charge in [0.15, 0.2) is 6.10 Å². The Bertz CT molecular complexity index is 1200. The second kappa shape index (κ2) is 47.3. The third kappa shape index (κ3) is 51.5. The minimum Gasteiger partial charge on any atom is -0.756 e. The molecule has 0 aliphatic rings. The van der Waals surface area contributed by atoms with Crippen molar-refractivity contribution in [2.45, 2.75) is 258 Å². The van der Waals surface area contributed by atoms with Crippen LogP contribution in [0.2, 0.25) is 0 Å². The van der Waals surface area contributed by atoms with Crippen LogP contribution < -0.4 is 4.89 Å². The maximum atomic E-state index is 12.7. The van der Waals surface area contributed by atoms with Crippen LogP contribution >= 0.6 is 7.82 Å². The number of likely N-dealkylation sites (N-methyl/N-ethyl adjacent to an activating group) is 1. The van der Waals surface area contributed by atoms with Crippen molar-refractivity contribution in [2.75, 3.05) is 47.5 Å². The van der Waals surface area contributed by atoms with Gasteiger partial charge in [0.2, 0.25) is 0 Å². The van der Waals surface area contributed by atoms with Crippen LogP contribution in [0.4, 0.5) is 0 Å². The molecule has 65 heavy (non-hydrogen) atoms. The number of nitrogens with zero attached hydrogens (tertiary/aromatic N) is 1. The number of esters is 2. The topological polar surface area (TPSA) is 111 Å². The number of hydrogen-bond acceptors (Lipinski definition) is 8. The molecule has 0 spiro atoms. The quantitative estimate of drug-likeness (QED) is 0.0195. The van der Waals surface area contributed by atoms with Gasteiger partial charge in [-0.2, -0.15) is 0 Å². The number of ether oxygens (including phenoxy) is 2. The summed E-state index contributed by atoms with van der Waals surface area (Å²) >= 11 is 0. The Morgan fingerprint density at radius 3 is 1.23 bits per heavy atom. The maximum absolute atomic E-state index is 12.7. The lowest BCUT2D eigenvalue weighted by Gasteiger charge is -2.28. The molecule has 9 nitrogen and oxygen atoms in total. The summed E-state index contributed by atoms with van der Waals surface area (Å²) < 4.78 is 34.0. The van der Waals surface area contributed by atoms with Gasteiger partial charge in [-0.3, -0.25) is 14.2 Å². The molecule has 0 rings (SSSR count). The standard InChI is InChI=1S/C55H104NO8P/c1-6-8-10-12-14-16-18-19-20-21-22-23-24-25-26-27-28-29-30-31-32-33-34-35-36-37-38-40-42-44-46-48-55(58)64-53(52-63-65(59,60)62-50-49-56(3,4)5)51-61-54(57)47-45-43-41-39-17-15-13-11-9-7-2/h18-19,21-22,24-25,53H,6-17,20,23,26-52H2,1-5H3/b19-18-,22-21-,25-24-. The molecule has 0 amide bonds. The molecular weight excluding hydrogens is 834 g/mol. The van der Waals surface area contributed by atoms with E-state index in [1.807, 2.05) is 21.1 Å². The van der Waals surface area contributed by atoms with Crippen molar-refractivity contribution in [3.8, 4) is 0 Å². The molecule has 0 aromatic heterocycles. The van der Waals surface area contributed by atoms with Crippen LogP contribution in [0.5, 0.6) is 0 Å². The Kier molecular flexibility index (Phi) is 46.0. The van der Waals surface area contributed by atoms with E-state index in [1.54, 1.807) is 0 Å². The smallest absolute Gasteiger partial charge is 0.306 e. The van der Waals surface area contributed by atoms with Crippen LogP contribution in [-0.2, 0) is 32.7 Å². The lowest BCUT2D eigenvalue weighted by molar-refractivity contribution is -0.870. The summed E-state index contributed by atoms with van der Waals surface area (Å²) in [6.45, 7) is 4.23. The van der Waals surface area contributed by atoms with Crippen molar-refractivity contribution in [1.82, 2.24) is 0 Å². The average Bonchev–Trinajstić information content (AvgIpc) is 3.26. The normalized spacial score (nSPS) is 13.6. The van der Waals surface area contributed by atoms with Gasteiger partial charge >= 0.3 is 11.9 Å². The van der Waals surface area contributed by atoms with Gasteiger partial charge in [-0.15, -0.1) is 0 Å². The summed E-state index contributed by atoms with van der Waals surface area (Å²) in [5.74, 6) is -0.826. The number of allylic oxidation sites excluding steroid dienone is 6. The first-order valence-corrected chi connectivity index (χ1v) is 28.7. The van der Waals surface area contributed by atoms with Crippen LogP contribution in [0.25, 0.3) is 0 Å². The monoisotopic (exact) mass is 938 g/mol. The first kappa shape index (κ1) is 63.2. The highest BCUT2D eigenvalue weighted by Crippen LogP contribution is 2.38. The molecule has 2 atom stereocenters. The molecule has 0 saturated heterocycles. The van der Waals surface area contributed by atoms with Gasteiger partial charge in [-0.25, -0.2) is 0 Å². The summed E-state index contributed by atoms with van der Waals surface area (Å²) in [7, 11) is 1.17. The summed E-state index contributed by atoms with van der Waals surface area (Å²) in [6.07, 6.45) is 56.3. The maximum Gasteiger partial charge on any atom is 0.306 e. The van der Waals surface area contributed by atoms with Gasteiger partial charge in [0, 0.05) is 12.8 Å². The Morgan fingerprint density at radius 1 is 0.477 bits per heavy atom. The predicted octanol–water partition coefficient (Wildman–Crippen LogP) is 15.8. The first-order chi connectivity index (χ1) is 31.5. The highest BCUT2D eigenvalue weighted by atomic mass is 31.2. The van der Waals surface area contributed by atoms with Crippen LogP contribution in [0.1, 0.15) is 251 Å². The minimum atomic E-state index is -4.62. The highest BCUT2D eigenvalue weighted by molar-refractivity contribution is 7.45. The van der Waals surface area contributed by atoms with Crippen molar-refractivity contribution >= 4 is 19.8 Å². The number of phosphoric ester groups is 1. The van der Waals surface area contributed by atoms with Crippen LogP contribution in [-0.4, -0.2) is 70.0 Å². The minimum absolute atomic E-state index is 0.0288. The van der Waals surface area contributed by atoms with E-state index in [0.29, 0.717) is 17.4 Å². The zero-order chi connectivity index (χ0) is 47.8. The molecule has 0 heterocycles. The Hall–Kier alpha value is -1.77. The van der Waals surface area contributed by atoms with Gasteiger partial charge in [-0.1, -0.05) is 224 Å². The molecule has 382 valence electrons. The number of carbonyl (C=O) groups excluding carboxylic acids is 2. The molecule has 0 N–H and O–H groups in total. The van der Waals surface area contributed by atoms with Crippen molar-refractivity contribution in [3.63, 3.8) is 0 Å². The summed E-state index contributed by atoms with van der Waals surface area (Å²) in [6, 6.07) is 0. The van der Waals surface area contributed by atoms with Gasteiger partial charge in [0.25, 0.3) is 7.82 Å². The molecule has 0 aromatic carbocycles. The lowest BCUT2D eigenvalue weighted by Crippen LogP contribution is -2.37. The fraction of sp³-hybridized carbons (Fsp3) is 0.855. The van der Waals surface area contributed by atoms with Crippen molar-refractivity contribution in [1.29, 1.82) is 0 Å². The van der Waals surface area contributed by atoms with E-state index >= 15 is 0 Å². The van der Waals surface area contributed by atoms with E-state index in [0.717, 1.165) is 51.4 Å². The molecule has 0 aliphatic carbocycles. The molecule has 0 radical (unpaired) electrons. The third-order valence-corrected chi connectivity index (χ3v) is 12.9. The van der Waals surface area contributed by atoms with Gasteiger partial charge in [-0.05, 0) is 51.4 Å². The Labute approximate surface area is 401 Å². The molecular formula is C55H104NO8P. The SMILES string of the molecule is CCCCCCC/C=C\C/C=C\C/C=C\CCCCCCCCCCCCCCCCCCC(=O)OC(COC(=O)CCCCCCCCCCCC)COP(=O)([O-])OCC[N+](C)(C)C. The van der Waals surface area contributed by atoms with Gasteiger partial charge in [0.05, 0.1) is 27.7 Å². The first-order valence-electron chi connectivity index (χ1n) is 27.2. The lowest BCUT2D eigenvalue weighted by atomic mass is 10.0. The second-order valence-electron chi connectivity index (χ2n) is 19.6. The number of unbranched alkanes of at least 4 members (excludes halogenated alkanes) is 30. The molecule has 0 bridgehead atoms. The third-order valence-electron chi connectivity index (χ3n) is 11.9. The molecule has 10 heteroatoms. The Morgan fingerprint density at radius 2 is 0.831 bits per heavy atom. The zero-order valence-electron chi connectivity index (χ0n) is 43.2. The van der Waals surface area contributed by atoms with E-state index in [2.05, 4.69) is 50.3 Å². The molecule has 0 aliphatic heterocycles. The zero-order valence-corrected chi connectivity index (χ0v) is 44.1. The largest absolute Gasteiger partial charge is 0.756 e. The van der Waals surface area contributed by atoms with Crippen molar-refractivity contribution in [2.24, 2.45) is 0 Å². The van der Waals surface area contributed by atoms with Gasteiger partial charge < -0.3 is 27.9 Å². The van der Waals surface area contributed by atoms with E-state index < -0.39 is 26.5 Å². The van der Waals surface area contributed by atoms with Crippen LogP contribution in [0.15, 0.2) is 36.5 Å². The van der Waals surface area contributed by atoms with E-state index in [-0.39, 0.29) is 32.0 Å². The summed E-state index contributed by atoms with van der Waals surface area (Å²) in [5.41, 5.74) is 0. The number of hydrogen-bond donors (Lipinski definition) is 0. The number of quaternary nitrogens is 1. The average molecular weight is 938 g/mol. The molecule has 0 fully saturated rings. The predicted molar refractivity (Wildman–Crippen MR) is 273 cm³/mol. The second-order valence-corrected chi connectivity index (χ2v) is 21.0. The van der Waals surface area contributed by atoms with Crippen molar-refractivity contribution < 1.29 is 42.1 Å².